The van der Waals surface area contributed by atoms with Gasteiger partial charge in [-0.05, 0) is 33.3 Å². The van der Waals surface area contributed by atoms with E-state index in [0.29, 0.717) is 16.8 Å². The first-order valence-electron chi connectivity index (χ1n) is 10.7. The Labute approximate surface area is 205 Å². The van der Waals surface area contributed by atoms with Crippen LogP contribution in [0.1, 0.15) is 46.2 Å². The average Bonchev–Trinajstić information content (AvgIpc) is 3.28. The van der Waals surface area contributed by atoms with Crippen molar-refractivity contribution >= 4 is 34.6 Å². The van der Waals surface area contributed by atoms with Crippen molar-refractivity contribution in [3.63, 3.8) is 0 Å². The summed E-state index contributed by atoms with van der Waals surface area (Å²) in [5, 5.41) is 19.8. The number of carboxylic acids is 1. The number of hydrogen-bond donors (Lipinski definition) is 1. The molecule has 172 valence electrons. The number of nitrogens with zero attached hydrogens (tertiary/aromatic N) is 6. The topological polar surface area (TPSA) is 106 Å². The molecule has 2 atom stereocenters. The maximum absolute atomic E-state index is 12.0. The fourth-order valence-corrected chi connectivity index (χ4v) is 5.47. The van der Waals surface area contributed by atoms with E-state index < -0.39 is 17.9 Å². The second-order valence-corrected chi connectivity index (χ2v) is 9.85. The maximum atomic E-state index is 12.0. The normalized spacial score (nSPS) is 15.8. The Morgan fingerprint density at radius 3 is 2.50 bits per heavy atom. The molecular formula is C24H21ClN6O2S. The summed E-state index contributed by atoms with van der Waals surface area (Å²) in [5.74, 6) is -0.477. The van der Waals surface area contributed by atoms with E-state index in [1.165, 1.54) is 6.33 Å². The van der Waals surface area contributed by atoms with Crippen LogP contribution in [0, 0.1) is 26.7 Å². The first kappa shape index (κ1) is 22.4. The second kappa shape index (κ2) is 8.41. The van der Waals surface area contributed by atoms with Crippen molar-refractivity contribution < 1.29 is 9.90 Å². The molecule has 0 aliphatic carbocycles. The fourth-order valence-electron chi connectivity index (χ4n) is 4.11. The van der Waals surface area contributed by atoms with Gasteiger partial charge >= 0.3 is 5.97 Å². The van der Waals surface area contributed by atoms with Gasteiger partial charge in [-0.15, -0.1) is 21.5 Å². The third-order valence-corrected chi connectivity index (χ3v) is 7.54. The third-order valence-electron chi connectivity index (χ3n) is 6.14. The highest BCUT2D eigenvalue weighted by Crippen LogP contribution is 2.40. The monoisotopic (exact) mass is 492 g/mol. The maximum Gasteiger partial charge on any atom is 0.308 e. The van der Waals surface area contributed by atoms with Gasteiger partial charge in [0.15, 0.2) is 5.82 Å². The molecule has 3 aromatic heterocycles. The van der Waals surface area contributed by atoms with Gasteiger partial charge in [0.2, 0.25) is 0 Å². The lowest BCUT2D eigenvalue weighted by molar-refractivity contribution is -0.141. The standard InChI is InChI=1S/C24H21ClN6O2S/c1-11-13(3)34-23-19(11)21(16-7-5-15(6-8-16)17-9-18(25)27-10-26-17)28-20(12(2)24(32)33)22-30-29-14(4)31(22)23/h5-10,12,20H,1-4H3,(H,32,33)/t12?,20-/m0/s1. The van der Waals surface area contributed by atoms with Gasteiger partial charge in [-0.3, -0.25) is 14.4 Å². The summed E-state index contributed by atoms with van der Waals surface area (Å²) >= 11 is 7.67. The number of hydrogen-bond acceptors (Lipinski definition) is 7. The van der Waals surface area contributed by atoms with Crippen LogP contribution in [0.2, 0.25) is 5.15 Å². The van der Waals surface area contributed by atoms with Crippen LogP contribution < -0.4 is 0 Å². The van der Waals surface area contributed by atoms with Crippen molar-refractivity contribution in [2.45, 2.75) is 33.7 Å². The molecule has 5 rings (SSSR count). The Morgan fingerprint density at radius 2 is 1.82 bits per heavy atom. The average molecular weight is 493 g/mol. The molecule has 0 radical (unpaired) electrons. The first-order chi connectivity index (χ1) is 16.3. The quantitative estimate of drug-likeness (QED) is 0.403. The molecule has 1 N–H and O–H groups in total. The van der Waals surface area contributed by atoms with E-state index in [1.807, 2.05) is 35.8 Å². The van der Waals surface area contributed by atoms with E-state index in [2.05, 4.69) is 34.0 Å². The smallest absolute Gasteiger partial charge is 0.308 e. The van der Waals surface area contributed by atoms with Crippen molar-refractivity contribution in [2.75, 3.05) is 0 Å². The van der Waals surface area contributed by atoms with Gasteiger partial charge in [0.1, 0.15) is 28.3 Å². The molecule has 8 nitrogen and oxygen atoms in total. The predicted molar refractivity (Wildman–Crippen MR) is 131 cm³/mol. The van der Waals surface area contributed by atoms with Gasteiger partial charge < -0.3 is 5.11 Å². The zero-order valence-electron chi connectivity index (χ0n) is 18.9. The minimum absolute atomic E-state index is 0.375. The Hall–Kier alpha value is -3.43. The zero-order chi connectivity index (χ0) is 24.1. The molecule has 0 fully saturated rings. The van der Waals surface area contributed by atoms with Crippen LogP contribution >= 0.6 is 22.9 Å². The number of carboxylic acid groups (broad SMARTS) is 1. The molecule has 0 bridgehead atoms. The molecule has 1 aliphatic rings. The van der Waals surface area contributed by atoms with Crippen LogP contribution in [0.3, 0.4) is 0 Å². The molecule has 34 heavy (non-hydrogen) atoms. The zero-order valence-corrected chi connectivity index (χ0v) is 20.5. The number of benzene rings is 1. The van der Waals surface area contributed by atoms with Gasteiger partial charge in [-0.25, -0.2) is 9.97 Å². The molecule has 0 spiro atoms. The van der Waals surface area contributed by atoms with Crippen LogP contribution in [0.15, 0.2) is 41.7 Å². The lowest BCUT2D eigenvalue weighted by Gasteiger charge is -2.16. The molecule has 4 heterocycles. The van der Waals surface area contributed by atoms with Crippen LogP contribution in [-0.4, -0.2) is 41.5 Å². The molecule has 4 aromatic rings. The summed E-state index contributed by atoms with van der Waals surface area (Å²) in [6, 6.07) is 8.88. The van der Waals surface area contributed by atoms with Crippen LogP contribution in [0.5, 0.6) is 0 Å². The Kier molecular flexibility index (Phi) is 5.53. The highest BCUT2D eigenvalue weighted by atomic mass is 35.5. The number of aliphatic carboxylic acids is 1. The highest BCUT2D eigenvalue weighted by molar-refractivity contribution is 7.15. The van der Waals surface area contributed by atoms with E-state index in [0.717, 1.165) is 43.5 Å². The van der Waals surface area contributed by atoms with E-state index in [1.54, 1.807) is 24.3 Å². The minimum Gasteiger partial charge on any atom is -0.481 e. The summed E-state index contributed by atoms with van der Waals surface area (Å²) in [6.45, 7) is 7.67. The molecule has 0 amide bonds. The molecule has 1 unspecified atom stereocenters. The molecular weight excluding hydrogens is 472 g/mol. The first-order valence-corrected chi connectivity index (χ1v) is 11.9. The number of fused-ring (bicyclic) bond motifs is 3. The summed E-state index contributed by atoms with van der Waals surface area (Å²) in [5.41, 5.74) is 5.32. The molecule has 1 aromatic carbocycles. The van der Waals surface area contributed by atoms with Gasteiger partial charge in [0, 0.05) is 27.6 Å². The summed E-state index contributed by atoms with van der Waals surface area (Å²) in [4.78, 5) is 26.4. The summed E-state index contributed by atoms with van der Waals surface area (Å²) in [6.07, 6.45) is 1.43. The number of aromatic nitrogens is 5. The molecule has 10 heteroatoms. The molecule has 0 saturated heterocycles. The summed E-state index contributed by atoms with van der Waals surface area (Å²) < 4.78 is 1.96. The summed E-state index contributed by atoms with van der Waals surface area (Å²) in [7, 11) is 0. The van der Waals surface area contributed by atoms with Crippen molar-refractivity contribution in [3.8, 4) is 16.3 Å². The minimum atomic E-state index is -0.936. The number of carbonyl (C=O) groups is 1. The number of halogens is 1. The SMILES string of the molecule is Cc1sc2c(c1C)C(c1ccc(-c3cc(Cl)ncn3)cc1)=N[C@@H](C(C)C(=O)O)c1nnc(C)n1-2. The number of rotatable bonds is 4. The Morgan fingerprint density at radius 1 is 1.12 bits per heavy atom. The lowest BCUT2D eigenvalue weighted by atomic mass is 9.97. The van der Waals surface area contributed by atoms with Crippen molar-refractivity contribution in [1.29, 1.82) is 0 Å². The van der Waals surface area contributed by atoms with Crippen molar-refractivity contribution in [3.05, 3.63) is 75.0 Å². The van der Waals surface area contributed by atoms with E-state index in [9.17, 15) is 9.90 Å². The van der Waals surface area contributed by atoms with E-state index in [-0.39, 0.29) is 0 Å². The lowest BCUT2D eigenvalue weighted by Crippen LogP contribution is -2.21. The second-order valence-electron chi connectivity index (χ2n) is 8.26. The van der Waals surface area contributed by atoms with Crippen molar-refractivity contribution in [2.24, 2.45) is 10.9 Å². The van der Waals surface area contributed by atoms with Crippen LogP contribution in [0.25, 0.3) is 16.3 Å². The number of aryl methyl sites for hydroxylation is 2. The molecule has 1 aliphatic heterocycles. The van der Waals surface area contributed by atoms with Crippen molar-refractivity contribution in [1.82, 2.24) is 24.7 Å². The fraction of sp³-hybridized carbons (Fsp3) is 0.250. The predicted octanol–water partition coefficient (Wildman–Crippen LogP) is 4.98. The van der Waals surface area contributed by atoms with Crippen LogP contribution in [0.4, 0.5) is 0 Å². The highest BCUT2D eigenvalue weighted by Gasteiger charge is 2.36. The van der Waals surface area contributed by atoms with Gasteiger partial charge in [-0.2, -0.15) is 0 Å². The van der Waals surface area contributed by atoms with Gasteiger partial charge in [-0.1, -0.05) is 35.9 Å². The van der Waals surface area contributed by atoms with E-state index >= 15 is 0 Å². The largest absolute Gasteiger partial charge is 0.481 e. The molecule has 0 saturated carbocycles. The third kappa shape index (κ3) is 3.61. The van der Waals surface area contributed by atoms with E-state index in [4.69, 9.17) is 16.6 Å². The number of thiophene rings is 1. The van der Waals surface area contributed by atoms with Gasteiger partial charge in [0.25, 0.3) is 0 Å². The number of aliphatic imine (C=N–C) groups is 1. The Balaban J connectivity index is 1.71. The van der Waals surface area contributed by atoms with Gasteiger partial charge in [0.05, 0.1) is 17.3 Å². The van der Waals surface area contributed by atoms with Crippen LogP contribution in [-0.2, 0) is 4.79 Å². The Bertz CT molecular complexity index is 1460.